The maximum atomic E-state index is 6.41. The van der Waals surface area contributed by atoms with Crippen molar-refractivity contribution in [2.75, 3.05) is 6.61 Å². The summed E-state index contributed by atoms with van der Waals surface area (Å²) in [6.07, 6.45) is 24.9. The van der Waals surface area contributed by atoms with Crippen LogP contribution in [-0.4, -0.2) is 12.2 Å². The van der Waals surface area contributed by atoms with E-state index >= 15 is 0 Å². The molecule has 1 nitrogen and oxygen atoms in total. The molecule has 0 aromatic carbocycles. The van der Waals surface area contributed by atoms with Crippen LogP contribution >= 0.6 is 0 Å². The Kier molecular flexibility index (Phi) is 19.3. The lowest BCUT2D eigenvalue weighted by Crippen LogP contribution is -2.40. The van der Waals surface area contributed by atoms with Gasteiger partial charge in [0.15, 0.2) is 0 Å². The lowest BCUT2D eigenvalue weighted by Gasteiger charge is -2.40. The summed E-state index contributed by atoms with van der Waals surface area (Å²) in [7, 11) is 0. The highest BCUT2D eigenvalue weighted by atomic mass is 16.5. The summed E-state index contributed by atoms with van der Waals surface area (Å²) in [5.41, 5.74) is 0.138. The van der Waals surface area contributed by atoms with Crippen LogP contribution in [-0.2, 0) is 4.74 Å². The Bertz CT molecular complexity index is 282. The Morgan fingerprint density at radius 1 is 0.519 bits per heavy atom. The summed E-state index contributed by atoms with van der Waals surface area (Å²) >= 11 is 0. The highest BCUT2D eigenvalue weighted by Gasteiger charge is 2.35. The molecule has 0 fully saturated rings. The Hall–Kier alpha value is -0.0400. The van der Waals surface area contributed by atoms with E-state index in [0.29, 0.717) is 0 Å². The first-order valence-electron chi connectivity index (χ1n) is 12.8. The second kappa shape index (κ2) is 19.3. The summed E-state index contributed by atoms with van der Waals surface area (Å²) in [5.74, 6) is 0.763. The van der Waals surface area contributed by atoms with Gasteiger partial charge in [-0.05, 0) is 38.5 Å². The van der Waals surface area contributed by atoms with Gasteiger partial charge in [0.2, 0.25) is 0 Å². The molecule has 0 aliphatic rings. The maximum absolute atomic E-state index is 6.41. The molecule has 0 N–H and O–H groups in total. The van der Waals surface area contributed by atoms with Gasteiger partial charge in [-0.15, -0.1) is 0 Å². The summed E-state index contributed by atoms with van der Waals surface area (Å²) in [6.45, 7) is 12.3. The average Bonchev–Trinajstić information content (AvgIpc) is 2.69. The third kappa shape index (κ3) is 12.9. The van der Waals surface area contributed by atoms with Gasteiger partial charge in [0.05, 0.1) is 5.60 Å². The number of hydrogen-bond donors (Lipinski definition) is 0. The van der Waals surface area contributed by atoms with E-state index in [9.17, 15) is 0 Å². The number of unbranched alkanes of at least 4 members (excludes halogenated alkanes) is 12. The fraction of sp³-hybridized carbons (Fsp3) is 1.00. The molecule has 0 aliphatic heterocycles. The van der Waals surface area contributed by atoms with E-state index < -0.39 is 0 Å². The van der Waals surface area contributed by atoms with Crippen molar-refractivity contribution in [3.63, 3.8) is 0 Å². The number of hydrogen-bond acceptors (Lipinski definition) is 1. The van der Waals surface area contributed by atoms with Crippen LogP contribution in [0.3, 0.4) is 0 Å². The zero-order valence-electron chi connectivity index (χ0n) is 19.9. The Morgan fingerprint density at radius 2 is 0.889 bits per heavy atom. The molecule has 0 rings (SSSR count). The predicted molar refractivity (Wildman–Crippen MR) is 124 cm³/mol. The monoisotopic (exact) mass is 382 g/mol. The van der Waals surface area contributed by atoms with Gasteiger partial charge < -0.3 is 4.74 Å². The van der Waals surface area contributed by atoms with E-state index in [1.165, 1.54) is 116 Å². The maximum Gasteiger partial charge on any atom is 0.0705 e. The lowest BCUT2D eigenvalue weighted by molar-refractivity contribution is -0.0936. The normalized spacial score (nSPS) is 13.2. The van der Waals surface area contributed by atoms with E-state index in [-0.39, 0.29) is 5.60 Å². The van der Waals surface area contributed by atoms with Crippen LogP contribution in [0, 0.1) is 5.92 Å². The Balaban J connectivity index is 4.34. The summed E-state index contributed by atoms with van der Waals surface area (Å²) in [4.78, 5) is 0. The van der Waals surface area contributed by atoms with Crippen LogP contribution < -0.4 is 0 Å². The highest BCUT2D eigenvalue weighted by molar-refractivity contribution is 4.86. The first-order chi connectivity index (χ1) is 13.2. The topological polar surface area (TPSA) is 9.23 Å². The van der Waals surface area contributed by atoms with Crippen molar-refractivity contribution in [2.24, 2.45) is 5.92 Å². The molecule has 0 spiro atoms. The van der Waals surface area contributed by atoms with Crippen molar-refractivity contribution < 1.29 is 4.74 Å². The molecule has 1 atom stereocenters. The van der Waals surface area contributed by atoms with Crippen molar-refractivity contribution in [1.29, 1.82) is 0 Å². The van der Waals surface area contributed by atoms with Gasteiger partial charge in [0, 0.05) is 6.61 Å². The second-order valence-electron chi connectivity index (χ2n) is 8.72. The van der Waals surface area contributed by atoms with Crippen molar-refractivity contribution in [3.8, 4) is 0 Å². The molecule has 0 aromatic rings. The van der Waals surface area contributed by atoms with Crippen molar-refractivity contribution in [3.05, 3.63) is 0 Å². The molecule has 1 unspecified atom stereocenters. The quantitative estimate of drug-likeness (QED) is 0.180. The molecule has 27 heavy (non-hydrogen) atoms. The predicted octanol–water partition coefficient (Wildman–Crippen LogP) is 9.48. The summed E-state index contributed by atoms with van der Waals surface area (Å²) in [5, 5.41) is 0. The van der Waals surface area contributed by atoms with Gasteiger partial charge in [0.1, 0.15) is 0 Å². The molecular formula is C26H54O. The molecule has 0 bridgehead atoms. The zero-order chi connectivity index (χ0) is 20.2. The van der Waals surface area contributed by atoms with Crippen LogP contribution in [0.1, 0.15) is 150 Å². The van der Waals surface area contributed by atoms with Crippen molar-refractivity contribution in [2.45, 2.75) is 156 Å². The van der Waals surface area contributed by atoms with Crippen LogP contribution in [0.15, 0.2) is 0 Å². The third-order valence-corrected chi connectivity index (χ3v) is 6.69. The second-order valence-corrected chi connectivity index (χ2v) is 8.72. The molecule has 0 amide bonds. The standard InChI is InChI=1S/C26H54O/c1-6-11-13-15-17-18-20-22-24-25(23-21-19-16-14-12-7-2)26(8-3,9-4)27-10-5/h25H,6-24H2,1-5H3. The van der Waals surface area contributed by atoms with Gasteiger partial charge in [-0.25, -0.2) is 0 Å². The van der Waals surface area contributed by atoms with E-state index in [1.54, 1.807) is 0 Å². The molecular weight excluding hydrogens is 328 g/mol. The Labute approximate surface area is 173 Å². The molecule has 0 aromatic heterocycles. The fourth-order valence-electron chi connectivity index (χ4n) is 4.80. The molecule has 0 heterocycles. The number of rotatable bonds is 21. The first kappa shape index (κ1) is 27.0. The fourth-order valence-corrected chi connectivity index (χ4v) is 4.80. The van der Waals surface area contributed by atoms with E-state index in [2.05, 4.69) is 34.6 Å². The summed E-state index contributed by atoms with van der Waals surface area (Å²) in [6, 6.07) is 0. The molecule has 1 heteroatoms. The van der Waals surface area contributed by atoms with Gasteiger partial charge in [-0.3, -0.25) is 0 Å². The molecule has 0 saturated carbocycles. The van der Waals surface area contributed by atoms with Crippen LogP contribution in [0.25, 0.3) is 0 Å². The highest BCUT2D eigenvalue weighted by Crippen LogP contribution is 2.37. The molecule has 0 saturated heterocycles. The van der Waals surface area contributed by atoms with E-state index in [4.69, 9.17) is 4.74 Å². The van der Waals surface area contributed by atoms with Gasteiger partial charge in [0.25, 0.3) is 0 Å². The van der Waals surface area contributed by atoms with Crippen LogP contribution in [0.5, 0.6) is 0 Å². The van der Waals surface area contributed by atoms with Gasteiger partial charge >= 0.3 is 0 Å². The Morgan fingerprint density at radius 3 is 1.22 bits per heavy atom. The van der Waals surface area contributed by atoms with Crippen molar-refractivity contribution >= 4 is 0 Å². The summed E-state index contributed by atoms with van der Waals surface area (Å²) < 4.78 is 6.41. The molecule has 164 valence electrons. The lowest BCUT2D eigenvalue weighted by atomic mass is 9.76. The van der Waals surface area contributed by atoms with Gasteiger partial charge in [-0.1, -0.05) is 118 Å². The minimum atomic E-state index is 0.138. The van der Waals surface area contributed by atoms with Gasteiger partial charge in [-0.2, -0.15) is 0 Å². The van der Waals surface area contributed by atoms with Crippen LogP contribution in [0.4, 0.5) is 0 Å². The number of ether oxygens (including phenoxy) is 1. The van der Waals surface area contributed by atoms with Crippen LogP contribution in [0.2, 0.25) is 0 Å². The van der Waals surface area contributed by atoms with Crippen molar-refractivity contribution in [1.82, 2.24) is 0 Å². The van der Waals surface area contributed by atoms with E-state index in [1.807, 2.05) is 0 Å². The van der Waals surface area contributed by atoms with E-state index in [0.717, 1.165) is 12.5 Å². The minimum Gasteiger partial charge on any atom is -0.375 e. The SMILES string of the molecule is CCCCCCCCCCC(CCCCCCCC)C(CC)(CC)OCC. The largest absolute Gasteiger partial charge is 0.375 e. The molecule has 0 radical (unpaired) electrons. The minimum absolute atomic E-state index is 0.138. The zero-order valence-corrected chi connectivity index (χ0v) is 19.9. The third-order valence-electron chi connectivity index (χ3n) is 6.69. The first-order valence-corrected chi connectivity index (χ1v) is 12.8. The molecule has 0 aliphatic carbocycles. The average molecular weight is 383 g/mol. The smallest absolute Gasteiger partial charge is 0.0705 e.